The molecule has 3 aromatic carbocycles. The van der Waals surface area contributed by atoms with E-state index in [2.05, 4.69) is 5.16 Å². The van der Waals surface area contributed by atoms with E-state index in [9.17, 15) is 9.59 Å². The number of carbonyl (C=O) groups is 2. The second-order valence-electron chi connectivity index (χ2n) is 6.60. The van der Waals surface area contributed by atoms with Crippen LogP contribution in [0.5, 0.6) is 0 Å². The maximum atomic E-state index is 12.9. The summed E-state index contributed by atoms with van der Waals surface area (Å²) < 4.78 is 0. The van der Waals surface area contributed by atoms with Gasteiger partial charge < -0.3 is 4.84 Å². The Morgan fingerprint density at radius 1 is 0.833 bits per heavy atom. The molecule has 1 fully saturated rings. The first-order valence-corrected chi connectivity index (χ1v) is 10.3. The van der Waals surface area contributed by atoms with E-state index in [0.29, 0.717) is 27.8 Å². The Morgan fingerprint density at radius 3 is 2.10 bits per heavy atom. The minimum atomic E-state index is -1.52. The van der Waals surface area contributed by atoms with Gasteiger partial charge in [0.1, 0.15) is 0 Å². The second-order valence-corrected chi connectivity index (χ2v) is 8.14. The van der Waals surface area contributed by atoms with Crippen LogP contribution in [0.2, 0.25) is 5.02 Å². The van der Waals surface area contributed by atoms with E-state index >= 15 is 0 Å². The van der Waals surface area contributed by atoms with Gasteiger partial charge in [-0.2, -0.15) is 0 Å². The molecule has 5 rings (SSSR count). The number of thioether (sulfide) groups is 1. The van der Waals surface area contributed by atoms with E-state index in [1.165, 1.54) is 4.90 Å². The van der Waals surface area contributed by atoms with Crippen molar-refractivity contribution in [3.8, 4) is 0 Å². The molecule has 3 aromatic rings. The van der Waals surface area contributed by atoms with Crippen molar-refractivity contribution in [1.82, 2.24) is 0 Å². The lowest BCUT2D eigenvalue weighted by Gasteiger charge is -2.38. The fourth-order valence-electron chi connectivity index (χ4n) is 3.48. The number of nitrogens with zero attached hydrogens (tertiary/aromatic N) is 3. The first-order valence-electron chi connectivity index (χ1n) is 9.10. The van der Waals surface area contributed by atoms with E-state index in [4.69, 9.17) is 16.4 Å². The highest BCUT2D eigenvalue weighted by molar-refractivity contribution is 8.17. The molecule has 0 N–H and O–H groups in total. The highest BCUT2D eigenvalue weighted by atomic mass is 35.5. The largest absolute Gasteiger partial charge is 0.359 e. The molecule has 1 atom stereocenters. The Hall–Kier alpha value is -3.29. The van der Waals surface area contributed by atoms with Crippen LogP contribution in [0.3, 0.4) is 0 Å². The van der Waals surface area contributed by atoms with Gasteiger partial charge in [-0.1, -0.05) is 65.3 Å². The van der Waals surface area contributed by atoms with Gasteiger partial charge in [0, 0.05) is 28.0 Å². The van der Waals surface area contributed by atoms with E-state index in [-0.39, 0.29) is 0 Å². The summed E-state index contributed by atoms with van der Waals surface area (Å²) in [5.74, 6) is -0.227. The van der Waals surface area contributed by atoms with Gasteiger partial charge in [-0.05, 0) is 36.4 Å². The molecule has 1 amide bonds. The summed E-state index contributed by atoms with van der Waals surface area (Å²) in [5.41, 5.74) is 1.94. The number of rotatable bonds is 3. The summed E-state index contributed by atoms with van der Waals surface area (Å²) in [5, 5.41) is 2.70. The molecule has 0 radical (unpaired) electrons. The number of halogens is 1. The molecule has 2 aliphatic rings. The predicted octanol–water partition coefficient (Wildman–Crippen LogP) is 4.46. The molecule has 8 heteroatoms. The van der Waals surface area contributed by atoms with Crippen LogP contribution in [0.25, 0.3) is 0 Å². The first-order chi connectivity index (χ1) is 14.6. The summed E-state index contributed by atoms with van der Waals surface area (Å²) in [6, 6.07) is 25.5. The van der Waals surface area contributed by atoms with E-state index in [1.54, 1.807) is 47.4 Å². The Labute approximate surface area is 181 Å². The van der Waals surface area contributed by atoms with Gasteiger partial charge in [0.05, 0.1) is 5.69 Å². The minimum absolute atomic E-state index is 0.444. The Kier molecular flexibility index (Phi) is 4.49. The lowest BCUT2D eigenvalue weighted by Crippen LogP contribution is -2.57. The van der Waals surface area contributed by atoms with Crippen LogP contribution in [0, 0.1) is 0 Å². The quantitative estimate of drug-likeness (QED) is 0.568. The normalized spacial score (nSPS) is 20.6. The Balaban J connectivity index is 1.71. The molecule has 0 aliphatic carbocycles. The third kappa shape index (κ3) is 2.86. The van der Waals surface area contributed by atoms with Crippen molar-refractivity contribution in [3.63, 3.8) is 0 Å². The Morgan fingerprint density at radius 2 is 1.47 bits per heavy atom. The zero-order chi connectivity index (χ0) is 20.7. The minimum Gasteiger partial charge on any atom is -0.331 e. The van der Waals surface area contributed by atoms with Crippen molar-refractivity contribution in [3.05, 3.63) is 95.5 Å². The molecule has 0 saturated carbocycles. The zero-order valence-corrected chi connectivity index (χ0v) is 17.0. The predicted molar refractivity (Wildman–Crippen MR) is 117 cm³/mol. The van der Waals surface area contributed by atoms with Gasteiger partial charge in [-0.15, -0.1) is 0 Å². The molecular weight excluding hydrogens is 422 g/mol. The third-order valence-electron chi connectivity index (χ3n) is 4.74. The summed E-state index contributed by atoms with van der Waals surface area (Å²) in [7, 11) is 0. The van der Waals surface area contributed by atoms with Crippen LogP contribution in [-0.4, -0.2) is 22.0 Å². The first kappa shape index (κ1) is 18.7. The smallest absolute Gasteiger partial charge is 0.331 e. The fraction of sp³-hybridized carbons (Fsp3) is 0.0455. The lowest BCUT2D eigenvalue weighted by atomic mass is 10.1. The lowest BCUT2D eigenvalue weighted by molar-refractivity contribution is -0.131. The van der Waals surface area contributed by atoms with E-state index in [0.717, 1.165) is 11.8 Å². The van der Waals surface area contributed by atoms with Gasteiger partial charge in [-0.25, -0.2) is 4.90 Å². The molecule has 6 nitrogen and oxygen atoms in total. The summed E-state index contributed by atoms with van der Waals surface area (Å²) >= 11 is 6.99. The highest BCUT2D eigenvalue weighted by Crippen LogP contribution is 2.49. The number of para-hydroxylation sites is 2. The number of hydrogen-bond donors (Lipinski definition) is 0. The van der Waals surface area contributed by atoms with Gasteiger partial charge in [0.2, 0.25) is 0 Å². The molecule has 1 spiro atoms. The maximum absolute atomic E-state index is 12.9. The van der Waals surface area contributed by atoms with Crippen molar-refractivity contribution in [1.29, 1.82) is 0 Å². The number of carbonyl (C=O) groups excluding carboxylic acids is 2. The Bertz CT molecular complexity index is 1170. The molecule has 1 saturated heterocycles. The van der Waals surface area contributed by atoms with Crippen LogP contribution in [-0.2, 0) is 14.4 Å². The number of benzene rings is 3. The third-order valence-corrected chi connectivity index (χ3v) is 6.04. The number of amidine groups is 1. The van der Waals surface area contributed by atoms with Crippen molar-refractivity contribution in [2.24, 2.45) is 5.16 Å². The molecule has 2 heterocycles. The van der Waals surface area contributed by atoms with Crippen LogP contribution in [0.4, 0.5) is 11.4 Å². The number of amides is 1. The van der Waals surface area contributed by atoms with Gasteiger partial charge in [-0.3, -0.25) is 14.5 Å². The van der Waals surface area contributed by atoms with Gasteiger partial charge in [0.25, 0.3) is 5.12 Å². The molecule has 148 valence electrons. The summed E-state index contributed by atoms with van der Waals surface area (Å²) in [6.45, 7) is 0. The molecule has 30 heavy (non-hydrogen) atoms. The number of oxime groups is 1. The zero-order valence-electron chi connectivity index (χ0n) is 15.4. The van der Waals surface area contributed by atoms with Crippen molar-refractivity contribution in [2.45, 2.75) is 5.18 Å². The molecule has 1 unspecified atom stereocenters. The van der Waals surface area contributed by atoms with Crippen molar-refractivity contribution in [2.75, 3.05) is 9.80 Å². The second kappa shape index (κ2) is 7.19. The standard InChI is InChI=1S/C22H14ClN3O3S/c23-16-9-7-8-15(14-16)19-24-29-22(25(19)17-10-3-1-4-11-17)26(20(27)21(28)30-22)18-12-5-2-6-13-18/h1-14H. The highest BCUT2D eigenvalue weighted by Gasteiger charge is 2.63. The average Bonchev–Trinajstić information content (AvgIpc) is 3.26. The molecule has 2 aliphatic heterocycles. The number of hydrogen-bond acceptors (Lipinski definition) is 6. The van der Waals surface area contributed by atoms with Crippen LogP contribution < -0.4 is 9.80 Å². The monoisotopic (exact) mass is 435 g/mol. The van der Waals surface area contributed by atoms with Crippen LogP contribution in [0.15, 0.2) is 90.1 Å². The van der Waals surface area contributed by atoms with E-state index in [1.807, 2.05) is 42.5 Å². The number of anilines is 2. The van der Waals surface area contributed by atoms with Gasteiger partial charge >= 0.3 is 11.1 Å². The SMILES string of the molecule is O=C1SC2(ON=C(c3cccc(Cl)c3)N2c2ccccc2)N(c2ccccc2)C1=O. The molecular formula is C22H14ClN3O3S. The van der Waals surface area contributed by atoms with Crippen LogP contribution >= 0.6 is 23.4 Å². The van der Waals surface area contributed by atoms with Crippen molar-refractivity contribution < 1.29 is 14.4 Å². The average molecular weight is 436 g/mol. The molecule has 0 bridgehead atoms. The fourth-order valence-corrected chi connectivity index (χ4v) is 4.73. The topological polar surface area (TPSA) is 62.2 Å². The van der Waals surface area contributed by atoms with Gasteiger partial charge in [0.15, 0.2) is 5.84 Å². The summed E-state index contributed by atoms with van der Waals surface area (Å²) in [4.78, 5) is 34.5. The van der Waals surface area contributed by atoms with Crippen LogP contribution in [0.1, 0.15) is 5.56 Å². The maximum Gasteiger partial charge on any atom is 0.359 e. The molecule has 0 aromatic heterocycles. The van der Waals surface area contributed by atoms with Crippen molar-refractivity contribution >= 4 is 51.6 Å². The van der Waals surface area contributed by atoms with E-state index < -0.39 is 16.2 Å². The summed E-state index contributed by atoms with van der Waals surface area (Å²) in [6.07, 6.45) is 0.